The zero-order valence-corrected chi connectivity index (χ0v) is 38.8. The van der Waals surface area contributed by atoms with Crippen LogP contribution < -0.4 is 16.0 Å². The number of carbonyl (C=O) groups excluding carboxylic acids is 4. The molecule has 3 amide bonds. The van der Waals surface area contributed by atoms with Crippen LogP contribution in [-0.4, -0.2) is 42.3 Å². The minimum Gasteiger partial charge on any atom is -0.459 e. The van der Waals surface area contributed by atoms with E-state index in [1.807, 2.05) is 60.7 Å². The standard InChI is InChI=1S/C53H87N3O5/c1-3-5-7-9-11-13-15-17-19-21-23-25-33-39-48(55-50(57)40-34-26-24-22-20-18-16-14-12-10-8-6-4-2)44-52(59)54-42-41-51(58)56-49(43-46-35-29-27-30-36-46)53(60)61-45-47-37-31-28-32-38-47/h27-32,35-38,48-49H,3-26,33-34,39-45H2,1-2H3,(H,54,59)(H,55,57)(H,56,58)/t48?,49-/m0/s1. The van der Waals surface area contributed by atoms with Crippen LogP contribution in [0.3, 0.4) is 0 Å². The van der Waals surface area contributed by atoms with Crippen LogP contribution in [0.25, 0.3) is 0 Å². The molecule has 61 heavy (non-hydrogen) atoms. The number of amides is 3. The van der Waals surface area contributed by atoms with Gasteiger partial charge < -0.3 is 20.7 Å². The van der Waals surface area contributed by atoms with Crippen LogP contribution in [-0.2, 0) is 36.9 Å². The highest BCUT2D eigenvalue weighted by molar-refractivity contribution is 5.85. The largest absolute Gasteiger partial charge is 0.459 e. The Balaban J connectivity index is 1.76. The lowest BCUT2D eigenvalue weighted by Gasteiger charge is -2.19. The Morgan fingerprint density at radius 3 is 1.39 bits per heavy atom. The highest BCUT2D eigenvalue weighted by atomic mass is 16.5. The van der Waals surface area contributed by atoms with Gasteiger partial charge in [0.15, 0.2) is 0 Å². The third kappa shape index (κ3) is 30.9. The molecule has 0 fully saturated rings. The molecule has 2 atom stereocenters. The number of rotatable bonds is 40. The molecule has 344 valence electrons. The van der Waals surface area contributed by atoms with Crippen molar-refractivity contribution in [3.63, 3.8) is 0 Å². The van der Waals surface area contributed by atoms with Gasteiger partial charge >= 0.3 is 5.97 Å². The Morgan fingerprint density at radius 1 is 0.475 bits per heavy atom. The predicted octanol–water partition coefficient (Wildman–Crippen LogP) is 12.8. The minimum atomic E-state index is -0.857. The first-order chi connectivity index (χ1) is 29.9. The number of benzene rings is 2. The number of unbranched alkanes of at least 4 members (excludes halogenated alkanes) is 24. The molecule has 0 aromatic heterocycles. The highest BCUT2D eigenvalue weighted by Crippen LogP contribution is 2.16. The van der Waals surface area contributed by atoms with Gasteiger partial charge in [-0.3, -0.25) is 14.4 Å². The first-order valence-corrected chi connectivity index (χ1v) is 25.0. The summed E-state index contributed by atoms with van der Waals surface area (Å²) < 4.78 is 5.58. The van der Waals surface area contributed by atoms with E-state index in [9.17, 15) is 19.2 Å². The zero-order valence-electron chi connectivity index (χ0n) is 38.8. The smallest absolute Gasteiger partial charge is 0.329 e. The second-order valence-corrected chi connectivity index (χ2v) is 17.5. The van der Waals surface area contributed by atoms with Crippen LogP contribution in [0.4, 0.5) is 0 Å². The maximum absolute atomic E-state index is 13.2. The molecule has 0 aliphatic heterocycles. The summed E-state index contributed by atoms with van der Waals surface area (Å²) in [7, 11) is 0. The van der Waals surface area contributed by atoms with Gasteiger partial charge in [0.25, 0.3) is 0 Å². The van der Waals surface area contributed by atoms with Gasteiger partial charge in [-0.1, -0.05) is 235 Å². The number of hydrogen-bond acceptors (Lipinski definition) is 5. The van der Waals surface area contributed by atoms with E-state index in [0.717, 1.165) is 43.2 Å². The fraction of sp³-hybridized carbons (Fsp3) is 0.698. The molecule has 8 nitrogen and oxygen atoms in total. The van der Waals surface area contributed by atoms with Crippen LogP contribution in [0.1, 0.15) is 218 Å². The molecule has 0 saturated carbocycles. The second-order valence-electron chi connectivity index (χ2n) is 17.5. The lowest BCUT2D eigenvalue weighted by molar-refractivity contribution is -0.149. The average molecular weight is 846 g/mol. The van der Waals surface area contributed by atoms with Crippen molar-refractivity contribution in [2.75, 3.05) is 6.54 Å². The van der Waals surface area contributed by atoms with Gasteiger partial charge in [0.2, 0.25) is 17.7 Å². The quantitative estimate of drug-likeness (QED) is 0.0457. The molecule has 0 aliphatic carbocycles. The van der Waals surface area contributed by atoms with Crippen LogP contribution in [0, 0.1) is 0 Å². The fourth-order valence-electron chi connectivity index (χ4n) is 7.99. The fourth-order valence-corrected chi connectivity index (χ4v) is 7.99. The molecule has 1 unspecified atom stereocenters. The molecule has 0 radical (unpaired) electrons. The summed E-state index contributed by atoms with van der Waals surface area (Å²) in [5, 5.41) is 8.92. The predicted molar refractivity (Wildman–Crippen MR) is 253 cm³/mol. The SMILES string of the molecule is CCCCCCCCCCCCCCCC(=O)NC(CCCCCCCCCCCCCCC)CC(=O)NCCC(=O)N[C@@H](Cc1ccccc1)C(=O)OCc1ccccc1. The summed E-state index contributed by atoms with van der Waals surface area (Å²) in [6.07, 6.45) is 34.8. The number of nitrogens with one attached hydrogen (secondary N) is 3. The first-order valence-electron chi connectivity index (χ1n) is 25.0. The third-order valence-corrected chi connectivity index (χ3v) is 11.8. The highest BCUT2D eigenvalue weighted by Gasteiger charge is 2.23. The maximum Gasteiger partial charge on any atom is 0.329 e. The summed E-state index contributed by atoms with van der Waals surface area (Å²) in [4.78, 5) is 52.4. The lowest BCUT2D eigenvalue weighted by Crippen LogP contribution is -2.44. The van der Waals surface area contributed by atoms with Crippen molar-refractivity contribution in [3.8, 4) is 0 Å². The average Bonchev–Trinajstić information content (AvgIpc) is 3.26. The number of hydrogen-bond donors (Lipinski definition) is 3. The molecule has 0 spiro atoms. The molecule has 2 aromatic carbocycles. The molecule has 0 bridgehead atoms. The van der Waals surface area contributed by atoms with Gasteiger partial charge in [-0.15, -0.1) is 0 Å². The van der Waals surface area contributed by atoms with Crippen LogP contribution in [0.2, 0.25) is 0 Å². The van der Waals surface area contributed by atoms with Crippen LogP contribution in [0.5, 0.6) is 0 Å². The molecule has 0 saturated heterocycles. The van der Waals surface area contributed by atoms with Gasteiger partial charge in [0, 0.05) is 38.3 Å². The van der Waals surface area contributed by atoms with Crippen LogP contribution in [0.15, 0.2) is 60.7 Å². The van der Waals surface area contributed by atoms with E-state index < -0.39 is 12.0 Å². The van der Waals surface area contributed by atoms with Crippen molar-refractivity contribution in [1.29, 1.82) is 0 Å². The molecule has 0 aliphatic rings. The van der Waals surface area contributed by atoms with Crippen molar-refractivity contribution >= 4 is 23.7 Å². The van der Waals surface area contributed by atoms with Crippen molar-refractivity contribution < 1.29 is 23.9 Å². The Morgan fingerprint density at radius 2 is 0.902 bits per heavy atom. The third-order valence-electron chi connectivity index (χ3n) is 11.8. The van der Waals surface area contributed by atoms with Crippen molar-refractivity contribution in [1.82, 2.24) is 16.0 Å². The Bertz CT molecular complexity index is 1370. The normalized spacial score (nSPS) is 12.1. The molecule has 3 N–H and O–H groups in total. The lowest BCUT2D eigenvalue weighted by atomic mass is 10.0. The van der Waals surface area contributed by atoms with Gasteiger partial charge in [-0.25, -0.2) is 4.79 Å². The molecule has 0 heterocycles. The summed E-state index contributed by atoms with van der Waals surface area (Å²) in [6, 6.07) is 17.9. The first kappa shape index (κ1) is 53.5. The van der Waals surface area contributed by atoms with Gasteiger partial charge in [-0.2, -0.15) is 0 Å². The van der Waals surface area contributed by atoms with E-state index in [4.69, 9.17) is 4.74 Å². The Kier molecular flexibility index (Phi) is 33.3. The van der Waals surface area contributed by atoms with E-state index in [0.29, 0.717) is 12.8 Å². The molecule has 2 rings (SSSR count). The van der Waals surface area contributed by atoms with Gasteiger partial charge in [0.1, 0.15) is 12.6 Å². The van der Waals surface area contributed by atoms with E-state index in [1.54, 1.807) is 0 Å². The maximum atomic E-state index is 13.2. The monoisotopic (exact) mass is 846 g/mol. The van der Waals surface area contributed by atoms with E-state index >= 15 is 0 Å². The van der Waals surface area contributed by atoms with E-state index in [1.165, 1.54) is 141 Å². The topological polar surface area (TPSA) is 114 Å². The van der Waals surface area contributed by atoms with Gasteiger partial charge in [0.05, 0.1) is 0 Å². The number of carbonyl (C=O) groups is 4. The Labute approximate surface area is 372 Å². The summed E-state index contributed by atoms with van der Waals surface area (Å²) in [5.41, 5.74) is 1.77. The Hall–Kier alpha value is -3.68. The van der Waals surface area contributed by atoms with E-state index in [-0.39, 0.29) is 49.8 Å². The molecule has 8 heteroatoms. The van der Waals surface area contributed by atoms with Crippen molar-refractivity contribution in [2.45, 2.75) is 232 Å². The molecular formula is C53H87N3O5. The number of ether oxygens (including phenoxy) is 1. The summed E-state index contributed by atoms with van der Waals surface area (Å²) >= 11 is 0. The minimum absolute atomic E-state index is 0.0257. The van der Waals surface area contributed by atoms with Crippen molar-refractivity contribution in [3.05, 3.63) is 71.8 Å². The molecular weight excluding hydrogens is 759 g/mol. The number of esters is 1. The zero-order chi connectivity index (χ0) is 43.9. The van der Waals surface area contributed by atoms with E-state index in [2.05, 4.69) is 29.8 Å². The summed E-state index contributed by atoms with van der Waals surface area (Å²) in [6.45, 7) is 4.79. The van der Waals surface area contributed by atoms with Crippen molar-refractivity contribution in [2.24, 2.45) is 0 Å². The second kappa shape index (κ2) is 38.0. The summed E-state index contributed by atoms with van der Waals surface area (Å²) in [5.74, 6) is -1.00. The molecule has 2 aromatic rings. The van der Waals surface area contributed by atoms with Crippen LogP contribution >= 0.6 is 0 Å². The van der Waals surface area contributed by atoms with Gasteiger partial charge in [-0.05, 0) is 24.0 Å².